The van der Waals surface area contributed by atoms with Gasteiger partial charge in [0.2, 0.25) is 5.91 Å². The number of rotatable bonds is 12. The Morgan fingerprint density at radius 3 is 2.49 bits per heavy atom. The minimum absolute atomic E-state index is 0.0107. The summed E-state index contributed by atoms with van der Waals surface area (Å²) in [5.74, 6) is -7.30. The number of aliphatic imine (C=N–C) groups is 1. The molecule has 0 saturated carbocycles. The number of hydrogen-bond acceptors (Lipinski definition) is 16. The van der Waals surface area contributed by atoms with Gasteiger partial charge in [0.25, 0.3) is 5.67 Å². The largest absolute Gasteiger partial charge is 0.481 e. The predicted molar refractivity (Wildman–Crippen MR) is 250 cm³/mol. The maximum Gasteiger partial charge on any atom is 0.351 e. The number of aliphatic carboxylic acids is 1. The van der Waals surface area contributed by atoms with Gasteiger partial charge in [0.05, 0.1) is 55.0 Å². The van der Waals surface area contributed by atoms with E-state index in [4.69, 9.17) is 39.4 Å². The van der Waals surface area contributed by atoms with E-state index in [9.17, 15) is 34.8 Å². The molecule has 2 bridgehead atoms. The first-order valence-electron chi connectivity index (χ1n) is 23.4. The molecule has 5 heterocycles. The predicted octanol–water partition coefficient (Wildman–Crippen LogP) is 6.62. The van der Waals surface area contributed by atoms with Crippen LogP contribution in [0.1, 0.15) is 119 Å². The Morgan fingerprint density at radius 1 is 1.12 bits per heavy atom. The van der Waals surface area contributed by atoms with Gasteiger partial charge in [0.1, 0.15) is 28.2 Å². The number of esters is 1. The van der Waals surface area contributed by atoms with Gasteiger partial charge in [-0.3, -0.25) is 14.4 Å². The van der Waals surface area contributed by atoms with Crippen molar-refractivity contribution in [1.29, 1.82) is 5.41 Å². The molecule has 17 nitrogen and oxygen atoms in total. The van der Waals surface area contributed by atoms with Crippen molar-refractivity contribution >= 4 is 52.2 Å². The van der Waals surface area contributed by atoms with Crippen LogP contribution in [0.25, 0.3) is 10.7 Å². The number of hydrogen-bond donors (Lipinski definition) is 4. The van der Waals surface area contributed by atoms with E-state index in [0.717, 1.165) is 6.92 Å². The SMILES string of the molecule is CCC(=O)N=C1[C@H](C)C[C@@]2(C)OCC(=N)CC[C@H]([C@@H](C)[C@H]1OCc1csc(-c3cccc(N)n3)n1)C(C)(O)[C@@H](CC)OC(=O)[C@@](C)(F)C(=O)C(C)[C@H]2O[C@H]1C[C@@H](N(C)CCC(=O)O)C[C@@H](C)O1. The van der Waals surface area contributed by atoms with Crippen LogP contribution in [0.3, 0.4) is 0 Å². The third-order valence-electron chi connectivity index (χ3n) is 13.9. The summed E-state index contributed by atoms with van der Waals surface area (Å²) in [7, 11) is 1.82. The lowest BCUT2D eigenvalue weighted by Crippen LogP contribution is -2.58. The van der Waals surface area contributed by atoms with Crippen LogP contribution >= 0.6 is 11.3 Å². The Labute approximate surface area is 397 Å². The number of aromatic nitrogens is 2. The number of alkyl halides is 1. The normalized spacial score (nSPS) is 35.6. The van der Waals surface area contributed by atoms with Gasteiger partial charge in [-0.25, -0.2) is 24.1 Å². The first-order valence-corrected chi connectivity index (χ1v) is 24.3. The average molecular weight is 959 g/mol. The molecule has 3 aliphatic heterocycles. The van der Waals surface area contributed by atoms with E-state index in [-0.39, 0.29) is 82.6 Å². The standard InChI is InChI=1S/C48H71FN6O11S/c1-11-35-48(9,61)33-17-16-30(50)23-63-46(7,43(29(6)42(59)47(8,49)45(60)65-35)66-39-21-32(20-27(4)64-39)55(10)19-18-38(57)58)22-26(3)40(54-37(56)12-2)41(28(33)5)62-24-31-25-67-44(52-31)34-14-13-15-36(51)53-34/h13-15,25-29,32-33,35,39,41,43,50,61H,11-12,16-24H2,1-10H3,(H2,51,53)(H,57,58)/t26-,27-,28-,29?,32+,33-,35-,39+,41-,43-,46-,47+,48?/m1/s1. The number of aliphatic hydroxyl groups is 1. The number of anilines is 1. The molecule has 3 aliphatic rings. The minimum Gasteiger partial charge on any atom is -0.481 e. The number of ether oxygens (including phenoxy) is 5. The number of thiazole rings is 1. The maximum absolute atomic E-state index is 17.2. The van der Waals surface area contributed by atoms with E-state index in [0.29, 0.717) is 34.3 Å². The fourth-order valence-electron chi connectivity index (χ4n) is 10.0. The molecule has 13 atom stereocenters. The topological polar surface area (TPSA) is 246 Å². The molecule has 0 aliphatic carbocycles. The number of carbonyl (C=O) groups excluding carboxylic acids is 3. The van der Waals surface area contributed by atoms with Crippen molar-refractivity contribution in [3.63, 3.8) is 0 Å². The fraction of sp³-hybridized carbons (Fsp3) is 0.708. The van der Waals surface area contributed by atoms with Crippen molar-refractivity contribution in [2.45, 2.75) is 174 Å². The van der Waals surface area contributed by atoms with E-state index in [1.165, 1.54) is 25.2 Å². The monoisotopic (exact) mass is 958 g/mol. The number of halogens is 1. The first kappa shape index (κ1) is 53.8. The third-order valence-corrected chi connectivity index (χ3v) is 14.8. The highest BCUT2D eigenvalue weighted by Gasteiger charge is 2.56. The number of cyclic esters (lactones) is 1. The van der Waals surface area contributed by atoms with Crippen LogP contribution in [0.15, 0.2) is 28.6 Å². The smallest absolute Gasteiger partial charge is 0.351 e. The molecule has 3 saturated heterocycles. The Kier molecular flexibility index (Phi) is 18.1. The van der Waals surface area contributed by atoms with Crippen LogP contribution in [0, 0.1) is 29.1 Å². The second kappa shape index (κ2) is 22.5. The summed E-state index contributed by atoms with van der Waals surface area (Å²) in [5.41, 5.74) is 0.913. The van der Waals surface area contributed by atoms with Gasteiger partial charge >= 0.3 is 11.9 Å². The van der Waals surface area contributed by atoms with Gasteiger partial charge in [-0.15, -0.1) is 11.3 Å². The molecule has 2 aromatic rings. The number of carboxylic acid groups (broad SMARTS) is 1. The van der Waals surface area contributed by atoms with Crippen molar-refractivity contribution in [2.24, 2.45) is 28.7 Å². The van der Waals surface area contributed by atoms with E-state index >= 15 is 4.39 Å². The number of fused-ring (bicyclic) bond motifs is 6. The van der Waals surface area contributed by atoms with Crippen LogP contribution in [0.2, 0.25) is 0 Å². The number of carbonyl (C=O) groups is 4. The molecule has 5 N–H and O–H groups in total. The zero-order chi connectivity index (χ0) is 49.6. The van der Waals surface area contributed by atoms with Crippen molar-refractivity contribution in [3.8, 4) is 10.7 Å². The Bertz CT molecular complexity index is 2120. The van der Waals surface area contributed by atoms with Gasteiger partial charge in [-0.2, -0.15) is 0 Å². The van der Waals surface area contributed by atoms with E-state index in [1.54, 1.807) is 39.0 Å². The van der Waals surface area contributed by atoms with Gasteiger partial charge in [0.15, 0.2) is 12.1 Å². The number of Topliss-reactive ketones (excluding diaryl/α,β-unsaturated/α-hetero) is 1. The number of nitrogen functional groups attached to an aromatic ring is 1. The number of ketones is 1. The minimum atomic E-state index is -3.22. The van der Waals surface area contributed by atoms with Gasteiger partial charge in [-0.1, -0.05) is 40.7 Å². The molecule has 0 spiro atoms. The quantitative estimate of drug-likeness (QED) is 0.129. The van der Waals surface area contributed by atoms with Crippen LogP contribution in [0.5, 0.6) is 0 Å². The Balaban J connectivity index is 1.69. The van der Waals surface area contributed by atoms with E-state index in [1.807, 2.05) is 38.1 Å². The molecule has 372 valence electrons. The molecule has 0 radical (unpaired) electrons. The molecule has 3 fully saturated rings. The van der Waals surface area contributed by atoms with Crippen molar-refractivity contribution in [1.82, 2.24) is 14.9 Å². The van der Waals surface area contributed by atoms with Crippen LogP contribution in [0.4, 0.5) is 10.2 Å². The second-order valence-electron chi connectivity index (χ2n) is 19.3. The van der Waals surface area contributed by atoms with E-state index in [2.05, 4.69) is 4.98 Å². The molecule has 2 aromatic heterocycles. The molecule has 19 heteroatoms. The summed E-state index contributed by atoms with van der Waals surface area (Å²) in [6.45, 7) is 14.4. The number of nitrogens with one attached hydrogen (secondary N) is 1. The number of amides is 1. The lowest BCUT2D eigenvalue weighted by Gasteiger charge is -2.47. The van der Waals surface area contributed by atoms with Gasteiger partial charge < -0.3 is 49.9 Å². The summed E-state index contributed by atoms with van der Waals surface area (Å²) < 4.78 is 49.9. The summed E-state index contributed by atoms with van der Waals surface area (Å²) in [5, 5.41) is 33.8. The molecular formula is C48H71FN6O11S. The summed E-state index contributed by atoms with van der Waals surface area (Å²) in [6, 6.07) is 5.07. The van der Waals surface area contributed by atoms with Crippen LogP contribution in [-0.2, 0) is 49.5 Å². The lowest BCUT2D eigenvalue weighted by atomic mass is 9.69. The Hall–Kier alpha value is -4.11. The first-order chi connectivity index (χ1) is 31.4. The van der Waals surface area contributed by atoms with Crippen LogP contribution in [-0.4, -0.2) is 134 Å². The number of nitrogens with zero attached hydrogens (tertiary/aromatic N) is 4. The molecular weight excluding hydrogens is 888 g/mol. The molecule has 0 aromatic carbocycles. The lowest BCUT2D eigenvalue weighted by molar-refractivity contribution is -0.264. The zero-order valence-corrected chi connectivity index (χ0v) is 41.4. The third kappa shape index (κ3) is 13.0. The number of nitrogens with two attached hydrogens (primary N) is 1. The highest BCUT2D eigenvalue weighted by molar-refractivity contribution is 7.13. The van der Waals surface area contributed by atoms with Crippen molar-refractivity contribution < 1.29 is 57.5 Å². The summed E-state index contributed by atoms with van der Waals surface area (Å²) in [4.78, 5) is 69.7. The zero-order valence-electron chi connectivity index (χ0n) is 40.6. The highest BCUT2D eigenvalue weighted by Crippen LogP contribution is 2.43. The van der Waals surface area contributed by atoms with Gasteiger partial charge in [0, 0.05) is 48.4 Å². The number of carboxylic acids is 1. The Morgan fingerprint density at radius 2 is 1.84 bits per heavy atom. The van der Waals surface area contributed by atoms with Gasteiger partial charge in [-0.05, 0) is 90.8 Å². The van der Waals surface area contributed by atoms with E-state index < -0.39 is 88.8 Å². The molecule has 67 heavy (non-hydrogen) atoms. The number of pyridine rings is 1. The molecule has 5 rings (SSSR count). The second-order valence-corrected chi connectivity index (χ2v) is 20.1. The summed E-state index contributed by atoms with van der Waals surface area (Å²) in [6.07, 6.45) is -3.99. The molecule has 2 unspecified atom stereocenters. The maximum atomic E-state index is 17.2. The fourth-order valence-corrected chi connectivity index (χ4v) is 10.8. The van der Waals surface area contributed by atoms with Crippen LogP contribution < -0.4 is 5.73 Å². The molecule has 1 amide bonds. The average Bonchev–Trinajstić information content (AvgIpc) is 3.75. The van der Waals surface area contributed by atoms with Crippen molar-refractivity contribution in [3.05, 3.63) is 29.3 Å². The summed E-state index contributed by atoms with van der Waals surface area (Å²) >= 11 is 1.35. The highest BCUT2D eigenvalue weighted by atomic mass is 32.1. The van der Waals surface area contributed by atoms with Crippen molar-refractivity contribution in [2.75, 3.05) is 25.9 Å².